The van der Waals surface area contributed by atoms with Crippen LogP contribution in [0.4, 0.5) is 15.3 Å². The van der Waals surface area contributed by atoms with E-state index in [4.69, 9.17) is 15.2 Å². The Morgan fingerprint density at radius 2 is 1.50 bits per heavy atom. The number of benzene rings is 1. The average molecular weight is 364 g/mol. The van der Waals surface area contributed by atoms with Gasteiger partial charge in [-0.15, -0.1) is 0 Å². The topological polar surface area (TPSA) is 90.6 Å². The van der Waals surface area contributed by atoms with Crippen LogP contribution in [-0.4, -0.2) is 24.4 Å². The van der Waals surface area contributed by atoms with E-state index >= 15 is 0 Å². The van der Waals surface area contributed by atoms with Crippen molar-refractivity contribution in [2.24, 2.45) is 0 Å². The zero-order valence-corrected chi connectivity index (χ0v) is 16.2. The number of imide groups is 1. The lowest BCUT2D eigenvalue weighted by atomic mass is 10.0. The van der Waals surface area contributed by atoms with Gasteiger partial charge >= 0.3 is 12.2 Å². The molecule has 0 fully saturated rings. The van der Waals surface area contributed by atoms with E-state index in [0.717, 1.165) is 31.4 Å². The highest BCUT2D eigenvalue weighted by atomic mass is 16.6. The van der Waals surface area contributed by atoms with Crippen LogP contribution >= 0.6 is 0 Å². The zero-order chi connectivity index (χ0) is 19.4. The lowest BCUT2D eigenvalue weighted by Crippen LogP contribution is -2.36. The molecule has 1 rings (SSSR count). The van der Waals surface area contributed by atoms with Crippen molar-refractivity contribution >= 4 is 17.9 Å². The molecule has 0 atom stereocenters. The Balaban J connectivity index is 1.95. The minimum absolute atomic E-state index is 0.306. The Morgan fingerprint density at radius 1 is 0.923 bits per heavy atom. The van der Waals surface area contributed by atoms with Gasteiger partial charge in [0, 0.05) is 5.69 Å². The molecule has 1 aromatic carbocycles. The SMILES string of the molecule is CC(C)(C)OC(=O)NC(=O)OCCCCCCCCc1ccc(N)cc1. The van der Waals surface area contributed by atoms with Gasteiger partial charge in [-0.25, -0.2) is 14.9 Å². The van der Waals surface area contributed by atoms with Gasteiger partial charge in [0.05, 0.1) is 6.61 Å². The molecule has 6 heteroatoms. The molecule has 0 heterocycles. The quantitative estimate of drug-likeness (QED) is 0.484. The van der Waals surface area contributed by atoms with Crippen LogP contribution in [0.1, 0.15) is 64.9 Å². The number of anilines is 1. The predicted octanol–water partition coefficient (Wildman–Crippen LogP) is 4.81. The number of hydrogen-bond donors (Lipinski definition) is 2. The second-order valence-corrected chi connectivity index (χ2v) is 7.38. The number of hydrogen-bond acceptors (Lipinski definition) is 5. The molecular formula is C20H32N2O4. The number of nitrogens with two attached hydrogens (primary N) is 1. The molecule has 0 saturated carbocycles. The summed E-state index contributed by atoms with van der Waals surface area (Å²) in [6, 6.07) is 8.03. The molecule has 0 spiro atoms. The van der Waals surface area contributed by atoms with Gasteiger partial charge < -0.3 is 15.2 Å². The monoisotopic (exact) mass is 364 g/mol. The Labute approximate surface area is 156 Å². The molecule has 0 radical (unpaired) electrons. The predicted molar refractivity (Wildman–Crippen MR) is 103 cm³/mol. The molecule has 0 aromatic heterocycles. The van der Waals surface area contributed by atoms with E-state index in [1.54, 1.807) is 20.8 Å². The van der Waals surface area contributed by atoms with E-state index < -0.39 is 17.8 Å². The maximum absolute atomic E-state index is 11.4. The highest BCUT2D eigenvalue weighted by Crippen LogP contribution is 2.12. The first kappa shape index (κ1) is 21.8. The number of alkyl carbamates (subject to hydrolysis) is 2. The van der Waals surface area contributed by atoms with Crippen molar-refractivity contribution in [3.05, 3.63) is 29.8 Å². The van der Waals surface area contributed by atoms with E-state index in [2.05, 4.69) is 12.1 Å². The number of ether oxygens (including phenoxy) is 2. The fourth-order valence-electron chi connectivity index (χ4n) is 2.41. The number of nitrogen functional groups attached to an aromatic ring is 1. The third kappa shape index (κ3) is 11.3. The number of rotatable bonds is 9. The average Bonchev–Trinajstić information content (AvgIpc) is 2.53. The summed E-state index contributed by atoms with van der Waals surface area (Å²) in [7, 11) is 0. The van der Waals surface area contributed by atoms with E-state index in [-0.39, 0.29) is 0 Å². The summed E-state index contributed by atoms with van der Waals surface area (Å²) in [4.78, 5) is 22.8. The van der Waals surface area contributed by atoms with Gasteiger partial charge in [-0.3, -0.25) is 0 Å². The van der Waals surface area contributed by atoms with Crippen molar-refractivity contribution in [3.63, 3.8) is 0 Å². The number of aryl methyl sites for hydroxylation is 1. The second kappa shape index (κ2) is 11.4. The van der Waals surface area contributed by atoms with Crippen LogP contribution in [0.2, 0.25) is 0 Å². The van der Waals surface area contributed by atoms with Gasteiger partial charge in [0.15, 0.2) is 0 Å². The number of unbranched alkanes of at least 4 members (excludes halogenated alkanes) is 5. The van der Waals surface area contributed by atoms with Gasteiger partial charge in [-0.1, -0.05) is 37.8 Å². The first-order valence-corrected chi connectivity index (χ1v) is 9.27. The highest BCUT2D eigenvalue weighted by Gasteiger charge is 2.18. The maximum atomic E-state index is 11.4. The Kier molecular flexibility index (Phi) is 9.55. The summed E-state index contributed by atoms with van der Waals surface area (Å²) in [6.07, 6.45) is 5.95. The molecule has 0 bridgehead atoms. The molecular weight excluding hydrogens is 332 g/mol. The van der Waals surface area contributed by atoms with Gasteiger partial charge in [-0.05, 0) is 57.7 Å². The fourth-order valence-corrected chi connectivity index (χ4v) is 2.41. The van der Waals surface area contributed by atoms with Crippen molar-refractivity contribution in [1.29, 1.82) is 0 Å². The van der Waals surface area contributed by atoms with Crippen LogP contribution in [0, 0.1) is 0 Å². The van der Waals surface area contributed by atoms with Gasteiger partial charge in [0.1, 0.15) is 5.60 Å². The van der Waals surface area contributed by atoms with Gasteiger partial charge in [0.2, 0.25) is 0 Å². The lowest BCUT2D eigenvalue weighted by molar-refractivity contribution is 0.0510. The minimum Gasteiger partial charge on any atom is -0.449 e. The number of carbonyl (C=O) groups excluding carboxylic acids is 2. The molecule has 0 aliphatic heterocycles. The standard InChI is InChI=1S/C20H32N2O4/c1-20(2,3)26-19(24)22-18(23)25-15-9-7-5-4-6-8-10-16-11-13-17(21)14-12-16/h11-14H,4-10,15,21H2,1-3H3,(H,22,23,24). The van der Waals surface area contributed by atoms with Crippen LogP contribution in [-0.2, 0) is 15.9 Å². The maximum Gasteiger partial charge on any atom is 0.417 e. The van der Waals surface area contributed by atoms with Crippen molar-refractivity contribution in [2.45, 2.75) is 71.3 Å². The molecule has 0 aliphatic rings. The van der Waals surface area contributed by atoms with Crippen LogP contribution in [0.5, 0.6) is 0 Å². The normalized spacial score (nSPS) is 11.0. The number of amides is 2. The summed E-state index contributed by atoms with van der Waals surface area (Å²) in [6.45, 7) is 5.50. The van der Waals surface area contributed by atoms with Crippen LogP contribution < -0.4 is 11.1 Å². The Morgan fingerprint density at radius 3 is 2.12 bits per heavy atom. The minimum atomic E-state index is -0.788. The third-order valence-corrected chi connectivity index (χ3v) is 3.68. The largest absolute Gasteiger partial charge is 0.449 e. The van der Waals surface area contributed by atoms with Crippen LogP contribution in [0.15, 0.2) is 24.3 Å². The molecule has 1 aromatic rings. The van der Waals surface area contributed by atoms with Crippen molar-refractivity contribution < 1.29 is 19.1 Å². The molecule has 0 aliphatic carbocycles. The van der Waals surface area contributed by atoms with E-state index in [1.165, 1.54) is 24.8 Å². The van der Waals surface area contributed by atoms with Crippen LogP contribution in [0.3, 0.4) is 0 Å². The summed E-state index contributed by atoms with van der Waals surface area (Å²) in [5.41, 5.74) is 7.15. The summed E-state index contributed by atoms with van der Waals surface area (Å²) >= 11 is 0. The highest BCUT2D eigenvalue weighted by molar-refractivity contribution is 5.87. The molecule has 0 saturated heterocycles. The van der Waals surface area contributed by atoms with Crippen molar-refractivity contribution in [3.8, 4) is 0 Å². The summed E-state index contributed by atoms with van der Waals surface area (Å²) in [5, 5.41) is 2.04. The molecule has 26 heavy (non-hydrogen) atoms. The smallest absolute Gasteiger partial charge is 0.417 e. The molecule has 3 N–H and O–H groups in total. The summed E-state index contributed by atoms with van der Waals surface area (Å²) < 4.78 is 9.93. The van der Waals surface area contributed by atoms with Gasteiger partial charge in [0.25, 0.3) is 0 Å². The summed E-state index contributed by atoms with van der Waals surface area (Å²) in [5.74, 6) is 0. The van der Waals surface area contributed by atoms with Crippen LogP contribution in [0.25, 0.3) is 0 Å². The van der Waals surface area contributed by atoms with Crippen molar-refractivity contribution in [2.75, 3.05) is 12.3 Å². The van der Waals surface area contributed by atoms with Gasteiger partial charge in [-0.2, -0.15) is 0 Å². The first-order valence-electron chi connectivity index (χ1n) is 9.27. The molecule has 6 nitrogen and oxygen atoms in total. The lowest BCUT2D eigenvalue weighted by Gasteiger charge is -2.19. The number of carbonyl (C=O) groups is 2. The number of nitrogens with one attached hydrogen (secondary N) is 1. The Bertz CT molecular complexity index is 550. The van der Waals surface area contributed by atoms with E-state index in [9.17, 15) is 9.59 Å². The first-order chi connectivity index (χ1) is 12.3. The van der Waals surface area contributed by atoms with Crippen molar-refractivity contribution in [1.82, 2.24) is 5.32 Å². The van der Waals surface area contributed by atoms with E-state index in [1.807, 2.05) is 17.4 Å². The molecule has 146 valence electrons. The molecule has 0 unspecified atom stereocenters. The zero-order valence-electron chi connectivity index (χ0n) is 16.2. The fraction of sp³-hybridized carbons (Fsp3) is 0.600. The van der Waals surface area contributed by atoms with E-state index in [0.29, 0.717) is 6.61 Å². The third-order valence-electron chi connectivity index (χ3n) is 3.68. The second-order valence-electron chi connectivity index (χ2n) is 7.38. The molecule has 2 amide bonds. The Hall–Kier alpha value is -2.24.